The molecule has 0 saturated carbocycles. The zero-order valence-electron chi connectivity index (χ0n) is 11.3. The zero-order chi connectivity index (χ0) is 13.3. The fourth-order valence-corrected chi connectivity index (χ4v) is 5.19. The lowest BCUT2D eigenvalue weighted by atomic mass is 10.0. The molecule has 0 spiro atoms. The van der Waals surface area contributed by atoms with Gasteiger partial charge in [0.05, 0.1) is 11.9 Å². The van der Waals surface area contributed by atoms with Crippen LogP contribution in [-0.4, -0.2) is 45.0 Å². The molecule has 0 aromatic carbocycles. The Kier molecular flexibility index (Phi) is 4.12. The highest BCUT2D eigenvalue weighted by Gasteiger charge is 2.35. The molecule has 5 nitrogen and oxygen atoms in total. The lowest BCUT2D eigenvalue weighted by molar-refractivity contribution is 0.0303. The van der Waals surface area contributed by atoms with Gasteiger partial charge in [0.25, 0.3) is 0 Å². The Morgan fingerprint density at radius 3 is 2.47 bits per heavy atom. The van der Waals surface area contributed by atoms with Crippen LogP contribution in [0.4, 0.5) is 0 Å². The van der Waals surface area contributed by atoms with E-state index in [1.807, 2.05) is 0 Å². The summed E-state index contributed by atoms with van der Waals surface area (Å²) in [4.78, 5) is 0. The Morgan fingerprint density at radius 1 is 1.11 bits per heavy atom. The van der Waals surface area contributed by atoms with Gasteiger partial charge in [0.2, 0.25) is 10.0 Å². The molecule has 0 radical (unpaired) electrons. The predicted molar refractivity (Wildman–Crippen MR) is 73.5 cm³/mol. The van der Waals surface area contributed by atoms with Crippen molar-refractivity contribution in [1.82, 2.24) is 10.0 Å². The molecule has 6 heteroatoms. The molecule has 3 aliphatic heterocycles. The zero-order valence-corrected chi connectivity index (χ0v) is 12.1. The van der Waals surface area contributed by atoms with Crippen LogP contribution in [0.2, 0.25) is 0 Å². The maximum absolute atomic E-state index is 12.2. The largest absolute Gasteiger partial charge is 0.377 e. The van der Waals surface area contributed by atoms with Crippen LogP contribution < -0.4 is 10.0 Å². The number of fused-ring (bicyclic) bond motifs is 2. The smallest absolute Gasteiger partial charge is 0.214 e. The third-order valence-corrected chi connectivity index (χ3v) is 6.00. The number of sulfonamides is 1. The second kappa shape index (κ2) is 5.68. The molecule has 3 unspecified atom stereocenters. The predicted octanol–water partition coefficient (Wildman–Crippen LogP) is 0.758. The minimum atomic E-state index is -3.20. The first-order chi connectivity index (χ1) is 9.11. The van der Waals surface area contributed by atoms with Gasteiger partial charge in [0.15, 0.2) is 0 Å². The van der Waals surface area contributed by atoms with Crippen molar-refractivity contribution in [3.05, 3.63) is 0 Å². The van der Waals surface area contributed by atoms with E-state index < -0.39 is 10.0 Å². The maximum Gasteiger partial charge on any atom is 0.214 e. The molecule has 3 atom stereocenters. The van der Waals surface area contributed by atoms with Gasteiger partial charge < -0.3 is 10.1 Å². The number of hydrogen-bond donors (Lipinski definition) is 2. The lowest BCUT2D eigenvalue weighted by Crippen LogP contribution is -2.49. The van der Waals surface area contributed by atoms with E-state index in [1.54, 1.807) is 0 Å². The molecule has 3 saturated heterocycles. The molecular formula is C13H24N2O3S. The SMILES string of the molecule is O=S(=O)(CC1CCCCO1)NC1CC2CCC(C1)N2. The van der Waals surface area contributed by atoms with Gasteiger partial charge in [-0.25, -0.2) is 13.1 Å². The Morgan fingerprint density at radius 2 is 1.84 bits per heavy atom. The number of rotatable bonds is 4. The van der Waals surface area contributed by atoms with E-state index in [9.17, 15) is 8.42 Å². The van der Waals surface area contributed by atoms with Crippen LogP contribution in [0.3, 0.4) is 0 Å². The van der Waals surface area contributed by atoms with Gasteiger partial charge in [-0.15, -0.1) is 0 Å². The summed E-state index contributed by atoms with van der Waals surface area (Å²) in [6.45, 7) is 0.706. The van der Waals surface area contributed by atoms with Crippen LogP contribution in [-0.2, 0) is 14.8 Å². The molecule has 3 rings (SSSR count). The molecule has 0 aliphatic carbocycles. The van der Waals surface area contributed by atoms with Crippen LogP contribution in [0.1, 0.15) is 44.9 Å². The van der Waals surface area contributed by atoms with Crippen LogP contribution in [0, 0.1) is 0 Å². The highest BCUT2D eigenvalue weighted by Crippen LogP contribution is 2.27. The van der Waals surface area contributed by atoms with Crippen molar-refractivity contribution in [3.8, 4) is 0 Å². The molecule has 0 amide bonds. The van der Waals surface area contributed by atoms with E-state index in [1.165, 1.54) is 12.8 Å². The molecular weight excluding hydrogens is 264 g/mol. The van der Waals surface area contributed by atoms with Crippen LogP contribution in [0.15, 0.2) is 0 Å². The Hall–Kier alpha value is -0.170. The first kappa shape index (κ1) is 13.8. The monoisotopic (exact) mass is 288 g/mol. The Balaban J connectivity index is 1.52. The number of ether oxygens (including phenoxy) is 1. The fourth-order valence-electron chi connectivity index (χ4n) is 3.64. The second-order valence-corrected chi connectivity index (χ2v) is 7.99. The fraction of sp³-hybridized carbons (Fsp3) is 1.00. The van der Waals surface area contributed by atoms with Crippen molar-refractivity contribution < 1.29 is 13.2 Å². The summed E-state index contributed by atoms with van der Waals surface area (Å²) in [6.07, 6.45) is 7.15. The first-order valence-electron chi connectivity index (χ1n) is 7.48. The molecule has 19 heavy (non-hydrogen) atoms. The van der Waals surface area contributed by atoms with Gasteiger partial charge in [-0.3, -0.25) is 0 Å². The summed E-state index contributed by atoms with van der Waals surface area (Å²) in [7, 11) is -3.20. The van der Waals surface area contributed by atoms with Crippen molar-refractivity contribution >= 4 is 10.0 Å². The quantitative estimate of drug-likeness (QED) is 0.801. The Labute approximate surface area is 115 Å². The average molecular weight is 288 g/mol. The summed E-state index contributed by atoms with van der Waals surface area (Å²) in [6, 6.07) is 1.14. The van der Waals surface area contributed by atoms with Crippen molar-refractivity contribution in [3.63, 3.8) is 0 Å². The molecule has 2 N–H and O–H groups in total. The average Bonchev–Trinajstić information content (AvgIpc) is 2.69. The van der Waals surface area contributed by atoms with E-state index in [0.717, 1.165) is 32.1 Å². The van der Waals surface area contributed by atoms with Crippen LogP contribution >= 0.6 is 0 Å². The third kappa shape index (κ3) is 3.68. The normalized spacial score (nSPS) is 39.4. The standard InChI is InChI=1S/C13H24N2O3S/c16-19(17,9-13-3-1-2-6-18-13)15-12-7-10-4-5-11(8-12)14-10/h10-15H,1-9H2. The van der Waals surface area contributed by atoms with Gasteiger partial charge in [0, 0.05) is 24.7 Å². The van der Waals surface area contributed by atoms with Crippen molar-refractivity contribution in [2.75, 3.05) is 12.4 Å². The van der Waals surface area contributed by atoms with Gasteiger partial charge >= 0.3 is 0 Å². The highest BCUT2D eigenvalue weighted by molar-refractivity contribution is 7.89. The second-order valence-electron chi connectivity index (χ2n) is 6.19. The summed E-state index contributed by atoms with van der Waals surface area (Å²) in [5.41, 5.74) is 0. The van der Waals surface area contributed by atoms with Gasteiger partial charge in [-0.1, -0.05) is 0 Å². The highest BCUT2D eigenvalue weighted by atomic mass is 32.2. The van der Waals surface area contributed by atoms with Gasteiger partial charge in [-0.05, 0) is 44.9 Å². The third-order valence-electron chi connectivity index (χ3n) is 4.50. The van der Waals surface area contributed by atoms with E-state index in [-0.39, 0.29) is 17.9 Å². The molecule has 3 heterocycles. The molecule has 0 aromatic rings. The van der Waals surface area contributed by atoms with Crippen molar-refractivity contribution in [2.24, 2.45) is 0 Å². The number of piperidine rings is 1. The van der Waals surface area contributed by atoms with E-state index >= 15 is 0 Å². The lowest BCUT2D eigenvalue weighted by Gasteiger charge is -2.30. The summed E-state index contributed by atoms with van der Waals surface area (Å²) < 4.78 is 32.8. The maximum atomic E-state index is 12.2. The molecule has 3 fully saturated rings. The molecule has 3 aliphatic rings. The topological polar surface area (TPSA) is 67.4 Å². The van der Waals surface area contributed by atoms with Crippen LogP contribution in [0.5, 0.6) is 0 Å². The van der Waals surface area contributed by atoms with Gasteiger partial charge in [-0.2, -0.15) is 0 Å². The van der Waals surface area contributed by atoms with E-state index in [0.29, 0.717) is 18.7 Å². The first-order valence-corrected chi connectivity index (χ1v) is 9.13. The van der Waals surface area contributed by atoms with E-state index in [2.05, 4.69) is 10.0 Å². The minimum Gasteiger partial charge on any atom is -0.377 e. The summed E-state index contributed by atoms with van der Waals surface area (Å²) in [5.74, 6) is 0.131. The van der Waals surface area contributed by atoms with Crippen molar-refractivity contribution in [1.29, 1.82) is 0 Å². The summed E-state index contributed by atoms with van der Waals surface area (Å²) >= 11 is 0. The van der Waals surface area contributed by atoms with Gasteiger partial charge in [0.1, 0.15) is 0 Å². The number of hydrogen-bond acceptors (Lipinski definition) is 4. The van der Waals surface area contributed by atoms with Crippen LogP contribution in [0.25, 0.3) is 0 Å². The molecule has 110 valence electrons. The molecule has 2 bridgehead atoms. The summed E-state index contributed by atoms with van der Waals surface area (Å²) in [5, 5.41) is 3.53. The minimum absolute atomic E-state index is 0.107. The van der Waals surface area contributed by atoms with E-state index in [4.69, 9.17) is 4.74 Å². The number of nitrogens with one attached hydrogen (secondary N) is 2. The Bertz CT molecular complexity index is 394. The molecule has 0 aromatic heterocycles. The van der Waals surface area contributed by atoms with Crippen molar-refractivity contribution in [2.45, 2.75) is 69.2 Å².